The van der Waals surface area contributed by atoms with Gasteiger partial charge in [-0.15, -0.1) is 0 Å². The number of rotatable bonds is 6. The number of hydrogen-bond acceptors (Lipinski definition) is 3. The third kappa shape index (κ3) is 6.10. The molecule has 0 heterocycles. The van der Waals surface area contributed by atoms with Crippen LogP contribution < -0.4 is 9.62 Å². The molecule has 0 fully saturated rings. The fourth-order valence-corrected chi connectivity index (χ4v) is 3.61. The first-order valence-corrected chi connectivity index (χ1v) is 10.8. The van der Waals surface area contributed by atoms with Gasteiger partial charge >= 0.3 is 0 Å². The van der Waals surface area contributed by atoms with Crippen LogP contribution in [0.3, 0.4) is 0 Å². The molecule has 2 rings (SSSR count). The summed E-state index contributed by atoms with van der Waals surface area (Å²) < 4.78 is 25.7. The number of aryl methyl sites for hydroxylation is 1. The molecule has 146 valence electrons. The van der Waals surface area contributed by atoms with Crippen molar-refractivity contribution in [3.8, 4) is 0 Å². The zero-order valence-corrected chi connectivity index (χ0v) is 17.4. The molecule has 1 N–H and O–H groups in total. The Labute approximate surface area is 162 Å². The Morgan fingerprint density at radius 2 is 1.56 bits per heavy atom. The average Bonchev–Trinajstić information content (AvgIpc) is 2.55. The van der Waals surface area contributed by atoms with E-state index in [1.165, 1.54) is 4.31 Å². The van der Waals surface area contributed by atoms with E-state index in [1.54, 1.807) is 12.1 Å². The molecule has 0 saturated carbocycles. The Hall–Kier alpha value is -2.34. The molecule has 0 saturated heterocycles. The van der Waals surface area contributed by atoms with Gasteiger partial charge in [0.2, 0.25) is 15.9 Å². The quantitative estimate of drug-likeness (QED) is 0.811. The van der Waals surface area contributed by atoms with Gasteiger partial charge in [-0.3, -0.25) is 9.10 Å². The highest BCUT2D eigenvalue weighted by atomic mass is 32.2. The first-order valence-electron chi connectivity index (χ1n) is 8.91. The maximum Gasteiger partial charge on any atom is 0.232 e. The van der Waals surface area contributed by atoms with E-state index in [1.807, 2.05) is 43.3 Å². The van der Waals surface area contributed by atoms with Crippen LogP contribution in [0.15, 0.2) is 48.5 Å². The highest BCUT2D eigenvalue weighted by molar-refractivity contribution is 7.92. The summed E-state index contributed by atoms with van der Waals surface area (Å²) in [6.45, 7) is 8.37. The minimum absolute atomic E-state index is 0.0115. The molecular weight excluding hydrogens is 360 g/mol. The van der Waals surface area contributed by atoms with Crippen molar-refractivity contribution >= 4 is 27.3 Å². The smallest absolute Gasteiger partial charge is 0.232 e. The van der Waals surface area contributed by atoms with Crippen LogP contribution in [0.2, 0.25) is 0 Å². The second kappa shape index (κ2) is 8.13. The first kappa shape index (κ1) is 21.0. The Morgan fingerprint density at radius 1 is 1.00 bits per heavy atom. The van der Waals surface area contributed by atoms with Crippen molar-refractivity contribution in [3.05, 3.63) is 59.7 Å². The van der Waals surface area contributed by atoms with Crippen LogP contribution >= 0.6 is 0 Å². The van der Waals surface area contributed by atoms with Gasteiger partial charge in [0.1, 0.15) is 0 Å². The zero-order valence-electron chi connectivity index (χ0n) is 16.6. The van der Waals surface area contributed by atoms with E-state index in [0.29, 0.717) is 11.4 Å². The number of anilines is 2. The van der Waals surface area contributed by atoms with Gasteiger partial charge in [0, 0.05) is 18.7 Å². The molecule has 0 aliphatic carbocycles. The standard InChI is InChI=1S/C21H28N2O3S/c1-16-6-10-18(11-7-16)22-20(24)14-15-23(27(5,25)26)19-12-8-17(9-13-19)21(2,3)4/h6-13H,14-15H2,1-5H3,(H,22,24). The summed E-state index contributed by atoms with van der Waals surface area (Å²) in [5.41, 5.74) is 3.48. The van der Waals surface area contributed by atoms with Crippen LogP contribution in [-0.4, -0.2) is 27.1 Å². The fourth-order valence-electron chi connectivity index (χ4n) is 2.68. The number of hydrogen-bond donors (Lipinski definition) is 1. The molecule has 0 bridgehead atoms. The van der Waals surface area contributed by atoms with Crippen LogP contribution in [0.1, 0.15) is 38.3 Å². The van der Waals surface area contributed by atoms with E-state index in [9.17, 15) is 13.2 Å². The van der Waals surface area contributed by atoms with E-state index in [4.69, 9.17) is 0 Å². The van der Waals surface area contributed by atoms with Crippen molar-refractivity contribution in [3.63, 3.8) is 0 Å². The minimum Gasteiger partial charge on any atom is -0.326 e. The lowest BCUT2D eigenvalue weighted by molar-refractivity contribution is -0.116. The van der Waals surface area contributed by atoms with Crippen LogP contribution in [0, 0.1) is 6.92 Å². The molecule has 0 aliphatic heterocycles. The van der Waals surface area contributed by atoms with E-state index < -0.39 is 10.0 Å². The largest absolute Gasteiger partial charge is 0.326 e. The maximum atomic E-state index is 12.2. The summed E-state index contributed by atoms with van der Waals surface area (Å²) in [5.74, 6) is -0.223. The lowest BCUT2D eigenvalue weighted by Crippen LogP contribution is -2.33. The summed E-state index contributed by atoms with van der Waals surface area (Å²) in [4.78, 5) is 12.2. The molecule has 27 heavy (non-hydrogen) atoms. The van der Waals surface area contributed by atoms with Crippen molar-refractivity contribution in [1.82, 2.24) is 0 Å². The van der Waals surface area contributed by atoms with Crippen LogP contribution in [-0.2, 0) is 20.2 Å². The van der Waals surface area contributed by atoms with Gasteiger partial charge in [0.25, 0.3) is 0 Å². The molecule has 0 radical (unpaired) electrons. The van der Waals surface area contributed by atoms with Gasteiger partial charge in [-0.05, 0) is 42.2 Å². The number of carbonyl (C=O) groups is 1. The van der Waals surface area contributed by atoms with Crippen LogP contribution in [0.25, 0.3) is 0 Å². The summed E-state index contributed by atoms with van der Waals surface area (Å²) >= 11 is 0. The lowest BCUT2D eigenvalue weighted by Gasteiger charge is -2.24. The molecule has 6 heteroatoms. The van der Waals surface area contributed by atoms with Crippen molar-refractivity contribution in [2.75, 3.05) is 22.4 Å². The predicted octanol–water partition coefficient (Wildman–Crippen LogP) is 4.09. The molecule has 1 amide bonds. The van der Waals surface area contributed by atoms with Gasteiger partial charge in [-0.25, -0.2) is 8.42 Å². The highest BCUT2D eigenvalue weighted by Crippen LogP contribution is 2.26. The number of carbonyl (C=O) groups excluding carboxylic acids is 1. The van der Waals surface area contributed by atoms with E-state index in [2.05, 4.69) is 26.1 Å². The number of nitrogens with one attached hydrogen (secondary N) is 1. The van der Waals surface area contributed by atoms with E-state index in [-0.39, 0.29) is 24.3 Å². The molecule has 0 aliphatic rings. The second-order valence-electron chi connectivity index (χ2n) is 7.80. The van der Waals surface area contributed by atoms with Gasteiger partial charge in [-0.1, -0.05) is 50.6 Å². The molecule has 2 aromatic carbocycles. The third-order valence-electron chi connectivity index (χ3n) is 4.30. The fraction of sp³-hybridized carbons (Fsp3) is 0.381. The molecule has 0 spiro atoms. The van der Waals surface area contributed by atoms with Crippen molar-refractivity contribution in [2.45, 2.75) is 39.5 Å². The van der Waals surface area contributed by atoms with E-state index in [0.717, 1.165) is 17.4 Å². The SMILES string of the molecule is Cc1ccc(NC(=O)CCN(c2ccc(C(C)(C)C)cc2)S(C)(=O)=O)cc1. The molecule has 2 aromatic rings. The van der Waals surface area contributed by atoms with Crippen molar-refractivity contribution in [2.24, 2.45) is 0 Å². The molecule has 5 nitrogen and oxygen atoms in total. The lowest BCUT2D eigenvalue weighted by atomic mass is 9.87. The third-order valence-corrected chi connectivity index (χ3v) is 5.49. The Morgan fingerprint density at radius 3 is 2.04 bits per heavy atom. The number of amides is 1. The summed E-state index contributed by atoms with van der Waals surface area (Å²) in [7, 11) is -3.49. The number of sulfonamides is 1. The van der Waals surface area contributed by atoms with Gasteiger partial charge < -0.3 is 5.32 Å². The van der Waals surface area contributed by atoms with Crippen molar-refractivity contribution < 1.29 is 13.2 Å². The van der Waals surface area contributed by atoms with Gasteiger partial charge in [0.05, 0.1) is 11.9 Å². The van der Waals surface area contributed by atoms with Gasteiger partial charge in [0.15, 0.2) is 0 Å². The van der Waals surface area contributed by atoms with Gasteiger partial charge in [-0.2, -0.15) is 0 Å². The summed E-state index contributed by atoms with van der Waals surface area (Å²) in [6, 6.07) is 14.9. The second-order valence-corrected chi connectivity index (χ2v) is 9.70. The predicted molar refractivity (Wildman–Crippen MR) is 112 cm³/mol. The summed E-state index contributed by atoms with van der Waals surface area (Å²) in [5, 5.41) is 2.80. The van der Waals surface area contributed by atoms with E-state index >= 15 is 0 Å². The Balaban J connectivity index is 2.09. The normalized spacial score (nSPS) is 11.9. The monoisotopic (exact) mass is 388 g/mol. The van der Waals surface area contributed by atoms with Crippen LogP contribution in [0.5, 0.6) is 0 Å². The van der Waals surface area contributed by atoms with Crippen molar-refractivity contribution in [1.29, 1.82) is 0 Å². The molecule has 0 unspecified atom stereocenters. The first-order chi connectivity index (χ1) is 12.5. The molecule has 0 atom stereocenters. The number of benzene rings is 2. The topological polar surface area (TPSA) is 66.5 Å². The molecular formula is C21H28N2O3S. The minimum atomic E-state index is -3.49. The Kier molecular flexibility index (Phi) is 6.31. The zero-order chi connectivity index (χ0) is 20.2. The highest BCUT2D eigenvalue weighted by Gasteiger charge is 2.20. The summed E-state index contributed by atoms with van der Waals surface area (Å²) in [6.07, 6.45) is 1.23. The average molecular weight is 389 g/mol. The van der Waals surface area contributed by atoms with Crippen LogP contribution in [0.4, 0.5) is 11.4 Å². The Bertz CT molecular complexity index is 881. The molecule has 0 aromatic heterocycles. The number of nitrogens with zero attached hydrogens (tertiary/aromatic N) is 1. The maximum absolute atomic E-state index is 12.2.